The molecule has 0 heterocycles. The van der Waals surface area contributed by atoms with Crippen molar-refractivity contribution in [2.75, 3.05) is 6.54 Å². The molecule has 1 aliphatic rings. The van der Waals surface area contributed by atoms with E-state index in [1.807, 2.05) is 6.92 Å². The molecular formula is C12H15BrFNO. The van der Waals surface area contributed by atoms with E-state index in [0.29, 0.717) is 10.0 Å². The Bertz CT molecular complexity index is 393. The summed E-state index contributed by atoms with van der Waals surface area (Å²) >= 11 is 3.23. The van der Waals surface area contributed by atoms with Gasteiger partial charge in [0.2, 0.25) is 0 Å². The Morgan fingerprint density at radius 3 is 2.88 bits per heavy atom. The third-order valence-corrected chi connectivity index (χ3v) is 3.39. The molecule has 1 aromatic carbocycles. The highest BCUT2D eigenvalue weighted by Gasteiger charge is 2.22. The van der Waals surface area contributed by atoms with Gasteiger partial charge in [-0.3, -0.25) is 0 Å². The lowest BCUT2D eigenvalue weighted by atomic mass is 10.1. The van der Waals surface area contributed by atoms with Crippen LogP contribution < -0.4 is 5.32 Å². The van der Waals surface area contributed by atoms with E-state index < -0.39 is 5.82 Å². The fourth-order valence-corrected chi connectivity index (χ4v) is 2.14. The van der Waals surface area contributed by atoms with E-state index in [-0.39, 0.29) is 11.8 Å². The van der Waals surface area contributed by atoms with E-state index in [1.165, 1.54) is 18.9 Å². The van der Waals surface area contributed by atoms with Crippen molar-refractivity contribution >= 4 is 15.9 Å². The van der Waals surface area contributed by atoms with Gasteiger partial charge in [-0.15, -0.1) is 0 Å². The first-order valence-corrected chi connectivity index (χ1v) is 6.28. The zero-order valence-electron chi connectivity index (χ0n) is 9.13. The largest absolute Gasteiger partial charge is 0.505 e. The van der Waals surface area contributed by atoms with Gasteiger partial charge in [-0.25, -0.2) is 4.39 Å². The average Bonchev–Trinajstić information content (AvgIpc) is 3.03. The molecule has 88 valence electrons. The van der Waals surface area contributed by atoms with Gasteiger partial charge in [0.05, 0.1) is 0 Å². The predicted octanol–water partition coefficient (Wildman–Crippen LogP) is 3.35. The quantitative estimate of drug-likeness (QED) is 0.890. The number of rotatable bonds is 4. The zero-order chi connectivity index (χ0) is 11.7. The van der Waals surface area contributed by atoms with Crippen LogP contribution in [0.25, 0.3) is 0 Å². The second-order valence-corrected chi connectivity index (χ2v) is 5.31. The molecule has 1 unspecified atom stereocenters. The van der Waals surface area contributed by atoms with Crippen LogP contribution in [-0.2, 0) is 0 Å². The minimum Gasteiger partial charge on any atom is -0.505 e. The van der Waals surface area contributed by atoms with Crippen LogP contribution in [0.3, 0.4) is 0 Å². The molecule has 0 spiro atoms. The molecule has 0 saturated heterocycles. The maximum absolute atomic E-state index is 13.3. The number of phenolic OH excluding ortho intramolecular Hbond substituents is 1. The van der Waals surface area contributed by atoms with Crippen LogP contribution in [0.15, 0.2) is 16.6 Å². The highest BCUT2D eigenvalue weighted by molar-refractivity contribution is 9.10. The van der Waals surface area contributed by atoms with Gasteiger partial charge in [-0.1, -0.05) is 15.9 Å². The minimum absolute atomic E-state index is 0.0346. The fraction of sp³-hybridized carbons (Fsp3) is 0.500. The van der Waals surface area contributed by atoms with Gasteiger partial charge >= 0.3 is 0 Å². The van der Waals surface area contributed by atoms with Gasteiger partial charge in [-0.05, 0) is 44.4 Å². The summed E-state index contributed by atoms with van der Waals surface area (Å²) in [6, 6.07) is 2.99. The predicted molar refractivity (Wildman–Crippen MR) is 64.9 cm³/mol. The second-order valence-electron chi connectivity index (χ2n) is 4.40. The first kappa shape index (κ1) is 11.9. The molecule has 0 aliphatic heterocycles. The summed E-state index contributed by atoms with van der Waals surface area (Å²) in [7, 11) is 0. The van der Waals surface area contributed by atoms with E-state index in [1.54, 1.807) is 6.07 Å². The molecule has 1 fully saturated rings. The van der Waals surface area contributed by atoms with Crippen molar-refractivity contribution in [3.63, 3.8) is 0 Å². The van der Waals surface area contributed by atoms with Gasteiger partial charge in [-0.2, -0.15) is 0 Å². The van der Waals surface area contributed by atoms with Crippen LogP contribution in [0.5, 0.6) is 5.75 Å². The Labute approximate surface area is 103 Å². The summed E-state index contributed by atoms with van der Waals surface area (Å²) in [6.07, 6.45) is 2.55. The molecule has 1 aromatic rings. The van der Waals surface area contributed by atoms with Crippen molar-refractivity contribution in [1.82, 2.24) is 5.32 Å². The molecule has 0 aromatic heterocycles. The zero-order valence-corrected chi connectivity index (χ0v) is 10.7. The summed E-state index contributed by atoms with van der Waals surface area (Å²) in [5.74, 6) is -0.0648. The number of halogens is 2. The van der Waals surface area contributed by atoms with Crippen molar-refractivity contribution in [3.8, 4) is 5.75 Å². The number of benzene rings is 1. The Hall–Kier alpha value is -0.610. The van der Waals surface area contributed by atoms with E-state index in [4.69, 9.17) is 0 Å². The maximum Gasteiger partial charge on any atom is 0.166 e. The monoisotopic (exact) mass is 287 g/mol. The third kappa shape index (κ3) is 2.74. The summed E-state index contributed by atoms with van der Waals surface area (Å²) in [6.45, 7) is 2.87. The van der Waals surface area contributed by atoms with Crippen LogP contribution in [0, 0.1) is 11.7 Å². The summed E-state index contributed by atoms with van der Waals surface area (Å²) < 4.78 is 14.0. The van der Waals surface area contributed by atoms with Crippen molar-refractivity contribution in [1.29, 1.82) is 0 Å². The molecule has 2 nitrogen and oxygen atoms in total. The molecule has 1 atom stereocenters. The van der Waals surface area contributed by atoms with Gasteiger partial charge in [0.1, 0.15) is 0 Å². The third-order valence-electron chi connectivity index (χ3n) is 2.93. The minimum atomic E-state index is -0.579. The number of nitrogens with one attached hydrogen (secondary N) is 1. The van der Waals surface area contributed by atoms with Crippen molar-refractivity contribution < 1.29 is 9.50 Å². The molecule has 4 heteroatoms. The van der Waals surface area contributed by atoms with E-state index in [9.17, 15) is 9.50 Å². The summed E-state index contributed by atoms with van der Waals surface area (Å²) in [4.78, 5) is 0. The average molecular weight is 288 g/mol. The topological polar surface area (TPSA) is 32.3 Å². The summed E-state index contributed by atoms with van der Waals surface area (Å²) in [5.41, 5.74) is 0.604. The lowest BCUT2D eigenvalue weighted by molar-refractivity contribution is 0.413. The Morgan fingerprint density at radius 1 is 1.56 bits per heavy atom. The maximum atomic E-state index is 13.3. The first-order chi connectivity index (χ1) is 7.58. The van der Waals surface area contributed by atoms with Crippen LogP contribution in [0.4, 0.5) is 4.39 Å². The Morgan fingerprint density at radius 2 is 2.25 bits per heavy atom. The molecule has 1 saturated carbocycles. The van der Waals surface area contributed by atoms with Crippen LogP contribution in [-0.4, -0.2) is 11.7 Å². The van der Waals surface area contributed by atoms with Crippen molar-refractivity contribution in [3.05, 3.63) is 28.0 Å². The van der Waals surface area contributed by atoms with Crippen molar-refractivity contribution in [2.45, 2.75) is 25.8 Å². The lowest BCUT2D eigenvalue weighted by Gasteiger charge is -2.16. The smallest absolute Gasteiger partial charge is 0.166 e. The number of hydrogen-bond donors (Lipinski definition) is 2. The molecule has 0 radical (unpaired) electrons. The molecule has 2 rings (SSSR count). The SMILES string of the molecule is CC(NCC1CC1)c1cc(Br)cc(F)c1O. The van der Waals surface area contributed by atoms with Crippen LogP contribution in [0.1, 0.15) is 31.4 Å². The number of aromatic hydroxyl groups is 1. The molecular weight excluding hydrogens is 273 g/mol. The van der Waals surface area contributed by atoms with Gasteiger partial charge < -0.3 is 10.4 Å². The van der Waals surface area contributed by atoms with E-state index in [0.717, 1.165) is 12.5 Å². The molecule has 1 aliphatic carbocycles. The van der Waals surface area contributed by atoms with Gasteiger partial charge in [0.15, 0.2) is 11.6 Å². The highest BCUT2D eigenvalue weighted by Crippen LogP contribution is 2.32. The molecule has 2 N–H and O–H groups in total. The van der Waals surface area contributed by atoms with Crippen LogP contribution >= 0.6 is 15.9 Å². The molecule has 0 amide bonds. The lowest BCUT2D eigenvalue weighted by Crippen LogP contribution is -2.21. The highest BCUT2D eigenvalue weighted by atomic mass is 79.9. The second kappa shape index (κ2) is 4.72. The van der Waals surface area contributed by atoms with E-state index in [2.05, 4.69) is 21.2 Å². The Balaban J connectivity index is 2.10. The van der Waals surface area contributed by atoms with Crippen LogP contribution in [0.2, 0.25) is 0 Å². The Kier molecular flexibility index (Phi) is 3.50. The van der Waals surface area contributed by atoms with Gasteiger partial charge in [0.25, 0.3) is 0 Å². The summed E-state index contributed by atoms with van der Waals surface area (Å²) in [5, 5.41) is 12.9. The van der Waals surface area contributed by atoms with E-state index >= 15 is 0 Å². The number of hydrogen-bond acceptors (Lipinski definition) is 2. The van der Waals surface area contributed by atoms with Crippen molar-refractivity contribution in [2.24, 2.45) is 5.92 Å². The molecule has 0 bridgehead atoms. The molecule has 16 heavy (non-hydrogen) atoms. The fourth-order valence-electron chi connectivity index (χ4n) is 1.69. The first-order valence-electron chi connectivity index (χ1n) is 5.49. The normalized spacial score (nSPS) is 17.4. The number of phenols is 1. The standard InChI is InChI=1S/C12H15BrFNO/c1-7(15-6-8-2-3-8)10-4-9(13)5-11(14)12(10)16/h4-5,7-8,15-16H,2-3,6H2,1H3. The van der Waals surface area contributed by atoms with Gasteiger partial charge in [0, 0.05) is 16.1 Å².